The summed E-state index contributed by atoms with van der Waals surface area (Å²) in [4.78, 5) is 0. The monoisotopic (exact) mass is 191 g/mol. The molecule has 2 nitrogen and oxygen atoms in total. The first-order chi connectivity index (χ1) is 6.12. The third-order valence-corrected chi connectivity index (χ3v) is 2.23. The van der Waals surface area contributed by atoms with Gasteiger partial charge >= 0.3 is 0 Å². The summed E-state index contributed by atoms with van der Waals surface area (Å²) in [6.45, 7) is 1.87. The normalized spacial score (nSPS) is 15.7. The molecule has 0 aliphatic rings. The van der Waals surface area contributed by atoms with Gasteiger partial charge in [-0.3, -0.25) is 0 Å². The van der Waals surface area contributed by atoms with Crippen molar-refractivity contribution in [3.8, 4) is 0 Å². The molecule has 0 aliphatic heterocycles. The maximum Gasteiger partial charge on any atom is 0.219 e. The van der Waals surface area contributed by atoms with Gasteiger partial charge in [0.25, 0.3) is 0 Å². The molecule has 80 valence electrons. The molecular formula is C10H22FNO. The maximum absolute atomic E-state index is 12.8. The summed E-state index contributed by atoms with van der Waals surface area (Å²) < 4.78 is 12.8. The summed E-state index contributed by atoms with van der Waals surface area (Å²) in [5.74, 6) is -2.13. The number of rotatable bonds is 8. The fraction of sp³-hybridized carbons (Fsp3) is 1.00. The smallest absolute Gasteiger partial charge is 0.219 e. The average molecular weight is 191 g/mol. The molecule has 0 aromatic carbocycles. The zero-order valence-electron chi connectivity index (χ0n) is 8.56. The van der Waals surface area contributed by atoms with Gasteiger partial charge in [0.2, 0.25) is 5.85 Å². The van der Waals surface area contributed by atoms with Crippen LogP contribution >= 0.6 is 0 Å². The fourth-order valence-corrected chi connectivity index (χ4v) is 1.28. The first-order valence-electron chi connectivity index (χ1n) is 5.24. The highest BCUT2D eigenvalue weighted by atomic mass is 19.2. The van der Waals surface area contributed by atoms with Crippen LogP contribution in [0.2, 0.25) is 0 Å². The molecule has 0 heterocycles. The van der Waals surface area contributed by atoms with Gasteiger partial charge in [-0.1, -0.05) is 39.0 Å². The molecule has 0 saturated carbocycles. The van der Waals surface area contributed by atoms with Crippen LogP contribution in [0.3, 0.4) is 0 Å². The zero-order chi connectivity index (χ0) is 10.2. The number of halogens is 1. The van der Waals surface area contributed by atoms with Crippen LogP contribution in [0.5, 0.6) is 0 Å². The molecule has 13 heavy (non-hydrogen) atoms. The van der Waals surface area contributed by atoms with E-state index in [0.29, 0.717) is 0 Å². The van der Waals surface area contributed by atoms with Gasteiger partial charge in [0, 0.05) is 6.42 Å². The first-order valence-corrected chi connectivity index (χ1v) is 5.24. The lowest BCUT2D eigenvalue weighted by molar-refractivity contribution is -0.0865. The summed E-state index contributed by atoms with van der Waals surface area (Å²) >= 11 is 0. The van der Waals surface area contributed by atoms with Crippen molar-refractivity contribution in [1.29, 1.82) is 0 Å². The second kappa shape index (κ2) is 7.27. The molecule has 0 rings (SSSR count). The molecular weight excluding hydrogens is 169 g/mol. The number of alkyl halides is 1. The van der Waals surface area contributed by atoms with Crippen LogP contribution in [0.4, 0.5) is 4.39 Å². The van der Waals surface area contributed by atoms with Crippen LogP contribution in [0, 0.1) is 0 Å². The zero-order valence-corrected chi connectivity index (χ0v) is 8.56. The lowest BCUT2D eigenvalue weighted by atomic mass is 10.1. The quantitative estimate of drug-likeness (QED) is 0.578. The van der Waals surface area contributed by atoms with Crippen molar-refractivity contribution >= 4 is 0 Å². The highest BCUT2D eigenvalue weighted by molar-refractivity contribution is 4.65. The van der Waals surface area contributed by atoms with Crippen molar-refractivity contribution in [2.45, 2.75) is 57.7 Å². The van der Waals surface area contributed by atoms with Gasteiger partial charge in [0.05, 0.1) is 6.54 Å². The molecule has 0 aliphatic carbocycles. The van der Waals surface area contributed by atoms with E-state index in [0.717, 1.165) is 19.3 Å². The van der Waals surface area contributed by atoms with E-state index in [4.69, 9.17) is 10.8 Å². The summed E-state index contributed by atoms with van der Waals surface area (Å²) in [6.07, 6.45) is 6.71. The number of unbranched alkanes of at least 4 members (excludes halogenated alkanes) is 5. The van der Waals surface area contributed by atoms with Gasteiger partial charge in [0.1, 0.15) is 0 Å². The largest absolute Gasteiger partial charge is 0.361 e. The van der Waals surface area contributed by atoms with Crippen LogP contribution in [0.1, 0.15) is 51.9 Å². The Bertz CT molecular complexity index is 117. The number of hydrogen-bond acceptors (Lipinski definition) is 2. The first kappa shape index (κ1) is 12.8. The summed E-state index contributed by atoms with van der Waals surface area (Å²) in [6, 6.07) is 0. The SMILES string of the molecule is CCCCCCCCC(O)(F)CN. The van der Waals surface area contributed by atoms with E-state index in [9.17, 15) is 4.39 Å². The second-order valence-electron chi connectivity index (χ2n) is 3.64. The molecule has 0 fully saturated rings. The molecule has 0 bridgehead atoms. The van der Waals surface area contributed by atoms with Gasteiger partial charge in [-0.2, -0.15) is 0 Å². The molecule has 0 aromatic heterocycles. The molecule has 1 unspecified atom stereocenters. The summed E-state index contributed by atoms with van der Waals surface area (Å²) in [5.41, 5.74) is 5.04. The second-order valence-corrected chi connectivity index (χ2v) is 3.64. The maximum atomic E-state index is 12.8. The molecule has 0 radical (unpaired) electrons. The highest BCUT2D eigenvalue weighted by Gasteiger charge is 2.22. The Morgan fingerprint density at radius 2 is 1.69 bits per heavy atom. The van der Waals surface area contributed by atoms with E-state index in [-0.39, 0.29) is 13.0 Å². The standard InChI is InChI=1S/C10H22FNO/c1-2-3-4-5-6-7-8-10(11,13)9-12/h13H,2-9,12H2,1H3. The lowest BCUT2D eigenvalue weighted by Crippen LogP contribution is -2.32. The van der Waals surface area contributed by atoms with Crippen LogP contribution < -0.4 is 5.73 Å². The average Bonchev–Trinajstić information content (AvgIpc) is 2.11. The van der Waals surface area contributed by atoms with Crippen molar-refractivity contribution in [2.75, 3.05) is 6.54 Å². The van der Waals surface area contributed by atoms with E-state index in [2.05, 4.69) is 6.92 Å². The Kier molecular flexibility index (Phi) is 7.19. The van der Waals surface area contributed by atoms with Crippen molar-refractivity contribution in [3.05, 3.63) is 0 Å². The van der Waals surface area contributed by atoms with E-state index < -0.39 is 5.85 Å². The summed E-state index contributed by atoms with van der Waals surface area (Å²) in [5, 5.41) is 8.93. The molecule has 0 aromatic rings. The number of nitrogens with two attached hydrogens (primary N) is 1. The van der Waals surface area contributed by atoms with E-state index in [1.54, 1.807) is 0 Å². The minimum Gasteiger partial charge on any atom is -0.361 e. The molecule has 3 heteroatoms. The topological polar surface area (TPSA) is 46.2 Å². The lowest BCUT2D eigenvalue weighted by Gasteiger charge is -2.15. The van der Waals surface area contributed by atoms with Gasteiger partial charge in [-0.15, -0.1) is 0 Å². The number of hydrogen-bond donors (Lipinski definition) is 2. The van der Waals surface area contributed by atoms with Gasteiger partial charge < -0.3 is 10.8 Å². The molecule has 0 saturated heterocycles. The van der Waals surface area contributed by atoms with Crippen molar-refractivity contribution < 1.29 is 9.50 Å². The Morgan fingerprint density at radius 1 is 1.15 bits per heavy atom. The fourth-order valence-electron chi connectivity index (χ4n) is 1.28. The van der Waals surface area contributed by atoms with Crippen molar-refractivity contribution in [1.82, 2.24) is 0 Å². The highest BCUT2D eigenvalue weighted by Crippen LogP contribution is 2.16. The van der Waals surface area contributed by atoms with E-state index in [1.165, 1.54) is 19.3 Å². The molecule has 3 N–H and O–H groups in total. The minimum absolute atomic E-state index is 0.176. The summed E-state index contributed by atoms with van der Waals surface area (Å²) in [7, 11) is 0. The molecule has 0 amide bonds. The third-order valence-electron chi connectivity index (χ3n) is 2.23. The number of aliphatic hydroxyl groups is 1. The van der Waals surface area contributed by atoms with Gasteiger partial charge in [-0.25, -0.2) is 4.39 Å². The Balaban J connectivity index is 3.16. The van der Waals surface area contributed by atoms with Crippen molar-refractivity contribution in [2.24, 2.45) is 5.73 Å². The van der Waals surface area contributed by atoms with Gasteiger partial charge in [-0.05, 0) is 6.42 Å². The molecule has 0 spiro atoms. The van der Waals surface area contributed by atoms with E-state index >= 15 is 0 Å². The molecule has 1 atom stereocenters. The predicted molar refractivity (Wildman–Crippen MR) is 53.1 cm³/mol. The third kappa shape index (κ3) is 8.19. The Hall–Kier alpha value is -0.150. The van der Waals surface area contributed by atoms with E-state index in [1.807, 2.05) is 0 Å². The van der Waals surface area contributed by atoms with Crippen molar-refractivity contribution in [3.63, 3.8) is 0 Å². The Morgan fingerprint density at radius 3 is 2.23 bits per heavy atom. The Labute approximate surface area is 80.3 Å². The van der Waals surface area contributed by atoms with Crippen LogP contribution in [0.15, 0.2) is 0 Å². The van der Waals surface area contributed by atoms with Crippen LogP contribution in [0.25, 0.3) is 0 Å². The van der Waals surface area contributed by atoms with Gasteiger partial charge in [0.15, 0.2) is 0 Å². The van der Waals surface area contributed by atoms with Crippen LogP contribution in [-0.4, -0.2) is 17.5 Å². The predicted octanol–water partition coefficient (Wildman–Crippen LogP) is 2.35. The minimum atomic E-state index is -2.13. The van der Waals surface area contributed by atoms with Crippen LogP contribution in [-0.2, 0) is 0 Å².